The Hall–Kier alpha value is -1.47. The number of halogens is 3. The van der Waals surface area contributed by atoms with Crippen LogP contribution in [0.25, 0.3) is 5.69 Å². The Bertz CT molecular complexity index is 578. The fourth-order valence-corrected chi connectivity index (χ4v) is 2.42. The average molecular weight is 287 g/mol. The third-order valence-electron chi connectivity index (χ3n) is 2.69. The first-order valence-electron chi connectivity index (χ1n) is 5.45. The van der Waals surface area contributed by atoms with Gasteiger partial charge in [-0.05, 0) is 18.4 Å². The summed E-state index contributed by atoms with van der Waals surface area (Å²) in [6.07, 6.45) is -0.717. The smallest absolute Gasteiger partial charge is 0.326 e. The van der Waals surface area contributed by atoms with Gasteiger partial charge in [-0.3, -0.25) is 0 Å². The van der Waals surface area contributed by atoms with Gasteiger partial charge in [0.1, 0.15) is 0 Å². The number of hydrogen-bond donors (Lipinski definition) is 1. The van der Waals surface area contributed by atoms with Gasteiger partial charge in [0.2, 0.25) is 0 Å². The Morgan fingerprint density at radius 3 is 2.63 bits per heavy atom. The summed E-state index contributed by atoms with van der Waals surface area (Å²) in [4.78, 5) is 0.934. The van der Waals surface area contributed by atoms with Gasteiger partial charge in [0, 0.05) is 23.2 Å². The first-order valence-corrected chi connectivity index (χ1v) is 6.68. The molecule has 0 aliphatic carbocycles. The maximum atomic E-state index is 12.6. The quantitative estimate of drug-likeness (QED) is 0.882. The minimum atomic E-state index is -4.39. The first kappa shape index (κ1) is 14.0. The van der Waals surface area contributed by atoms with E-state index in [4.69, 9.17) is 5.73 Å². The molecule has 2 N–H and O–H groups in total. The zero-order valence-corrected chi connectivity index (χ0v) is 10.9. The molecule has 0 aliphatic rings. The van der Waals surface area contributed by atoms with Crippen molar-refractivity contribution in [1.82, 2.24) is 9.78 Å². The highest BCUT2D eigenvalue weighted by Crippen LogP contribution is 2.30. The van der Waals surface area contributed by atoms with E-state index in [1.165, 1.54) is 16.4 Å². The SMILES string of the molecule is CSc1cccc(-n2cc(C(F)(F)F)cn2)c1CN. The number of nitrogens with zero attached hydrogens (tertiary/aromatic N) is 2. The maximum absolute atomic E-state index is 12.6. The molecule has 0 spiro atoms. The van der Waals surface area contributed by atoms with Crippen LogP contribution < -0.4 is 5.73 Å². The first-order chi connectivity index (χ1) is 8.97. The van der Waals surface area contributed by atoms with E-state index < -0.39 is 11.7 Å². The molecule has 3 nitrogen and oxygen atoms in total. The van der Waals surface area contributed by atoms with E-state index in [-0.39, 0.29) is 6.54 Å². The van der Waals surface area contributed by atoms with Crippen molar-refractivity contribution in [2.75, 3.05) is 6.26 Å². The molecule has 0 saturated carbocycles. The lowest BCUT2D eigenvalue weighted by molar-refractivity contribution is -0.137. The third kappa shape index (κ3) is 2.76. The van der Waals surface area contributed by atoms with Gasteiger partial charge in [0.05, 0.1) is 17.4 Å². The topological polar surface area (TPSA) is 43.8 Å². The molecule has 7 heteroatoms. The lowest BCUT2D eigenvalue weighted by Crippen LogP contribution is -2.07. The normalized spacial score (nSPS) is 11.8. The van der Waals surface area contributed by atoms with Crippen LogP contribution in [0.4, 0.5) is 13.2 Å². The molecular formula is C12H12F3N3S. The van der Waals surface area contributed by atoms with Crippen LogP contribution in [0.3, 0.4) is 0 Å². The molecule has 1 aromatic heterocycles. The lowest BCUT2D eigenvalue weighted by Gasteiger charge is -2.11. The largest absolute Gasteiger partial charge is 0.419 e. The number of thioether (sulfide) groups is 1. The zero-order chi connectivity index (χ0) is 14.0. The Labute approximate surface area is 112 Å². The fourth-order valence-electron chi connectivity index (χ4n) is 1.77. The van der Waals surface area contributed by atoms with Gasteiger partial charge in [-0.2, -0.15) is 18.3 Å². The second-order valence-electron chi connectivity index (χ2n) is 3.83. The molecule has 2 aromatic rings. The summed E-state index contributed by atoms with van der Waals surface area (Å²) < 4.78 is 38.9. The average Bonchev–Trinajstić information content (AvgIpc) is 2.86. The van der Waals surface area contributed by atoms with Gasteiger partial charge in [0.15, 0.2) is 0 Å². The van der Waals surface area contributed by atoms with Crippen molar-refractivity contribution in [3.8, 4) is 5.69 Å². The molecule has 19 heavy (non-hydrogen) atoms. The highest BCUT2D eigenvalue weighted by Gasteiger charge is 2.32. The van der Waals surface area contributed by atoms with Crippen LogP contribution in [0.5, 0.6) is 0 Å². The van der Waals surface area contributed by atoms with E-state index in [0.717, 1.165) is 22.9 Å². The molecule has 0 saturated heterocycles. The number of hydrogen-bond acceptors (Lipinski definition) is 3. The molecule has 0 aliphatic heterocycles. The minimum absolute atomic E-state index is 0.244. The highest BCUT2D eigenvalue weighted by atomic mass is 32.2. The number of benzene rings is 1. The van der Waals surface area contributed by atoms with Crippen molar-refractivity contribution in [3.63, 3.8) is 0 Å². The minimum Gasteiger partial charge on any atom is -0.326 e. The summed E-state index contributed by atoms with van der Waals surface area (Å²) in [6.45, 7) is 0.244. The van der Waals surface area contributed by atoms with Crippen molar-refractivity contribution < 1.29 is 13.2 Å². The standard InChI is InChI=1S/C12H12F3N3S/c1-19-11-4-2-3-10(9(11)5-16)18-7-8(6-17-18)12(13,14)15/h2-4,6-7H,5,16H2,1H3. The van der Waals surface area contributed by atoms with Gasteiger partial charge in [-0.25, -0.2) is 4.68 Å². The Kier molecular flexibility index (Phi) is 3.86. The van der Waals surface area contributed by atoms with E-state index in [2.05, 4.69) is 5.10 Å². The fraction of sp³-hybridized carbons (Fsp3) is 0.250. The van der Waals surface area contributed by atoms with Crippen molar-refractivity contribution in [2.45, 2.75) is 17.6 Å². The molecule has 0 radical (unpaired) electrons. The lowest BCUT2D eigenvalue weighted by atomic mass is 10.2. The zero-order valence-electron chi connectivity index (χ0n) is 10.1. The number of alkyl halides is 3. The second-order valence-corrected chi connectivity index (χ2v) is 4.68. The van der Waals surface area contributed by atoms with Gasteiger partial charge < -0.3 is 5.73 Å². The van der Waals surface area contributed by atoms with Gasteiger partial charge in [-0.1, -0.05) is 6.07 Å². The highest BCUT2D eigenvalue weighted by molar-refractivity contribution is 7.98. The summed E-state index contributed by atoms with van der Waals surface area (Å²) in [5.41, 5.74) is 6.27. The summed E-state index contributed by atoms with van der Waals surface area (Å²) >= 11 is 1.50. The molecule has 2 rings (SSSR count). The van der Waals surface area contributed by atoms with Crippen LogP contribution in [0.2, 0.25) is 0 Å². The third-order valence-corrected chi connectivity index (χ3v) is 3.51. The van der Waals surface area contributed by atoms with E-state index in [1.807, 2.05) is 12.3 Å². The summed E-state index contributed by atoms with van der Waals surface area (Å²) in [5, 5.41) is 3.77. The van der Waals surface area contributed by atoms with Crippen LogP contribution in [0.1, 0.15) is 11.1 Å². The van der Waals surface area contributed by atoms with E-state index in [1.54, 1.807) is 12.1 Å². The Morgan fingerprint density at radius 2 is 2.11 bits per heavy atom. The van der Waals surface area contributed by atoms with E-state index >= 15 is 0 Å². The van der Waals surface area contributed by atoms with Crippen molar-refractivity contribution in [3.05, 3.63) is 41.7 Å². The predicted octanol–water partition coefficient (Wildman–Crippen LogP) is 3.07. The summed E-state index contributed by atoms with van der Waals surface area (Å²) in [7, 11) is 0. The molecule has 0 bridgehead atoms. The summed E-state index contributed by atoms with van der Waals surface area (Å²) in [6, 6.07) is 5.36. The molecule has 0 unspecified atom stereocenters. The van der Waals surface area contributed by atoms with Gasteiger partial charge in [-0.15, -0.1) is 11.8 Å². The maximum Gasteiger partial charge on any atom is 0.419 e. The van der Waals surface area contributed by atoms with Crippen molar-refractivity contribution in [1.29, 1.82) is 0 Å². The van der Waals surface area contributed by atoms with Crippen LogP contribution in [-0.2, 0) is 12.7 Å². The summed E-state index contributed by atoms with van der Waals surface area (Å²) in [5.74, 6) is 0. The van der Waals surface area contributed by atoms with Crippen LogP contribution in [0.15, 0.2) is 35.5 Å². The van der Waals surface area contributed by atoms with Crippen LogP contribution in [0, 0.1) is 0 Å². The number of rotatable bonds is 3. The molecule has 102 valence electrons. The van der Waals surface area contributed by atoms with Crippen molar-refractivity contribution >= 4 is 11.8 Å². The number of aromatic nitrogens is 2. The van der Waals surface area contributed by atoms with E-state index in [0.29, 0.717) is 5.69 Å². The second kappa shape index (κ2) is 5.26. The monoisotopic (exact) mass is 287 g/mol. The molecule has 0 atom stereocenters. The van der Waals surface area contributed by atoms with Crippen molar-refractivity contribution in [2.24, 2.45) is 5.73 Å². The molecule has 1 heterocycles. The molecular weight excluding hydrogens is 275 g/mol. The van der Waals surface area contributed by atoms with Crippen LogP contribution >= 0.6 is 11.8 Å². The van der Waals surface area contributed by atoms with Gasteiger partial charge in [0.25, 0.3) is 0 Å². The molecule has 0 fully saturated rings. The van der Waals surface area contributed by atoms with Gasteiger partial charge >= 0.3 is 6.18 Å². The Balaban J connectivity index is 2.50. The van der Waals surface area contributed by atoms with E-state index in [9.17, 15) is 13.2 Å². The van der Waals surface area contributed by atoms with Crippen LogP contribution in [-0.4, -0.2) is 16.0 Å². The Morgan fingerprint density at radius 1 is 1.37 bits per heavy atom. The molecule has 0 amide bonds. The molecule has 1 aromatic carbocycles. The number of nitrogens with two attached hydrogens (primary N) is 1. The predicted molar refractivity (Wildman–Crippen MR) is 68.2 cm³/mol.